The van der Waals surface area contributed by atoms with Gasteiger partial charge in [0, 0.05) is 22.2 Å². The van der Waals surface area contributed by atoms with Crippen LogP contribution in [-0.2, 0) is 19.6 Å². The van der Waals surface area contributed by atoms with Crippen molar-refractivity contribution in [3.63, 3.8) is 0 Å². The third-order valence-electron chi connectivity index (χ3n) is 4.44. The Morgan fingerprint density at radius 1 is 0.867 bits per heavy atom. The van der Waals surface area contributed by atoms with Crippen molar-refractivity contribution in [2.75, 3.05) is 13.7 Å². The first-order valence-electron chi connectivity index (χ1n) is 9.24. The topological polar surface area (TPSA) is 30.5 Å². The van der Waals surface area contributed by atoms with Crippen LogP contribution in [0.1, 0.15) is 16.7 Å². The Morgan fingerprint density at radius 2 is 1.63 bits per heavy atom. The Kier molecular flexibility index (Phi) is 10.1. The summed E-state index contributed by atoms with van der Waals surface area (Å²) in [6, 6.07) is 19.5. The van der Waals surface area contributed by atoms with Gasteiger partial charge in [0.05, 0.1) is 12.1 Å². The average Bonchev–Trinajstić information content (AvgIpc) is 2.72. The molecule has 30 heavy (non-hydrogen) atoms. The van der Waals surface area contributed by atoms with E-state index in [1.165, 1.54) is 5.56 Å². The molecule has 1 N–H and O–H groups in total. The molecule has 3 aromatic rings. The minimum absolute atomic E-state index is 0. The van der Waals surface area contributed by atoms with Gasteiger partial charge in [-0.25, -0.2) is 0 Å². The Labute approximate surface area is 198 Å². The molecule has 0 aliphatic heterocycles. The molecule has 0 unspecified atom stereocenters. The van der Waals surface area contributed by atoms with Crippen LogP contribution in [0.3, 0.4) is 0 Å². The lowest BCUT2D eigenvalue weighted by molar-refractivity contribution is 0.284. The normalized spacial score (nSPS) is 10.4. The van der Waals surface area contributed by atoms with Gasteiger partial charge in [-0.1, -0.05) is 71.2 Å². The van der Waals surface area contributed by atoms with Gasteiger partial charge in [-0.15, -0.1) is 12.4 Å². The van der Waals surface area contributed by atoms with Crippen molar-refractivity contribution in [1.82, 2.24) is 5.32 Å². The van der Waals surface area contributed by atoms with Crippen LogP contribution in [0.25, 0.3) is 0 Å². The molecule has 0 saturated carbocycles. The van der Waals surface area contributed by atoms with Crippen molar-refractivity contribution in [3.8, 4) is 11.5 Å². The molecule has 160 valence electrons. The molecule has 0 fully saturated rings. The molecule has 0 aliphatic carbocycles. The van der Waals surface area contributed by atoms with E-state index in [2.05, 4.69) is 29.6 Å². The summed E-state index contributed by atoms with van der Waals surface area (Å²) in [5.74, 6) is 1.08. The number of hydrogen-bond donors (Lipinski definition) is 1. The molecular formula is C23H23Cl4NO2. The quantitative estimate of drug-likeness (QED) is 0.330. The summed E-state index contributed by atoms with van der Waals surface area (Å²) in [6.07, 6.45) is 0.967. The lowest BCUT2D eigenvalue weighted by Crippen LogP contribution is -2.16. The molecule has 3 nitrogen and oxygen atoms in total. The molecule has 0 spiro atoms. The van der Waals surface area contributed by atoms with Crippen molar-refractivity contribution < 1.29 is 9.47 Å². The van der Waals surface area contributed by atoms with Crippen molar-refractivity contribution in [2.45, 2.75) is 19.6 Å². The van der Waals surface area contributed by atoms with E-state index >= 15 is 0 Å². The molecule has 0 aliphatic rings. The summed E-state index contributed by atoms with van der Waals surface area (Å²) in [4.78, 5) is 0. The van der Waals surface area contributed by atoms with Gasteiger partial charge >= 0.3 is 0 Å². The first kappa shape index (κ1) is 24.6. The number of halogens is 4. The molecule has 0 radical (unpaired) electrons. The second-order valence-corrected chi connectivity index (χ2v) is 7.80. The van der Waals surface area contributed by atoms with Gasteiger partial charge < -0.3 is 14.8 Å². The fraction of sp³-hybridized carbons (Fsp3) is 0.217. The van der Waals surface area contributed by atoms with Crippen molar-refractivity contribution in [3.05, 3.63) is 92.4 Å². The molecule has 0 bridgehead atoms. The predicted octanol–water partition coefficient (Wildman–Crippen LogP) is 6.99. The number of hydrogen-bond acceptors (Lipinski definition) is 3. The van der Waals surface area contributed by atoms with E-state index in [1.54, 1.807) is 19.2 Å². The molecule has 0 atom stereocenters. The number of rotatable bonds is 9. The molecule has 0 heterocycles. The van der Waals surface area contributed by atoms with Crippen LogP contribution < -0.4 is 14.8 Å². The highest BCUT2D eigenvalue weighted by Crippen LogP contribution is 2.37. The Hall–Kier alpha value is -1.62. The van der Waals surface area contributed by atoms with E-state index in [0.29, 0.717) is 33.1 Å². The summed E-state index contributed by atoms with van der Waals surface area (Å²) in [6.45, 7) is 1.82. The first-order chi connectivity index (χ1) is 14.1. The van der Waals surface area contributed by atoms with Crippen LogP contribution in [-0.4, -0.2) is 13.7 Å². The van der Waals surface area contributed by atoms with Gasteiger partial charge in [-0.2, -0.15) is 0 Å². The third kappa shape index (κ3) is 6.97. The van der Waals surface area contributed by atoms with Gasteiger partial charge in [0.15, 0.2) is 11.5 Å². The number of nitrogens with one attached hydrogen (secondary N) is 1. The number of benzene rings is 3. The van der Waals surface area contributed by atoms with Crippen molar-refractivity contribution in [2.24, 2.45) is 0 Å². The molecule has 0 aromatic heterocycles. The van der Waals surface area contributed by atoms with E-state index in [9.17, 15) is 0 Å². The summed E-state index contributed by atoms with van der Waals surface area (Å²) >= 11 is 18.6. The molecular weight excluding hydrogens is 464 g/mol. The van der Waals surface area contributed by atoms with Crippen LogP contribution in [0.5, 0.6) is 11.5 Å². The summed E-state index contributed by atoms with van der Waals surface area (Å²) in [7, 11) is 1.60. The highest BCUT2D eigenvalue weighted by molar-refractivity contribution is 6.35. The highest BCUT2D eigenvalue weighted by atomic mass is 35.5. The largest absolute Gasteiger partial charge is 0.493 e. The van der Waals surface area contributed by atoms with E-state index in [1.807, 2.05) is 24.3 Å². The smallest absolute Gasteiger partial charge is 0.180 e. The lowest BCUT2D eigenvalue weighted by Gasteiger charge is -2.15. The second kappa shape index (κ2) is 12.3. The van der Waals surface area contributed by atoms with Gasteiger partial charge in [0.25, 0.3) is 0 Å². The monoisotopic (exact) mass is 485 g/mol. The van der Waals surface area contributed by atoms with E-state index < -0.39 is 0 Å². The summed E-state index contributed by atoms with van der Waals surface area (Å²) in [5, 5.41) is 5.06. The van der Waals surface area contributed by atoms with Gasteiger partial charge in [0.1, 0.15) is 6.61 Å². The number of ether oxygens (including phenoxy) is 2. The second-order valence-electron chi connectivity index (χ2n) is 6.55. The molecule has 7 heteroatoms. The maximum Gasteiger partial charge on any atom is 0.180 e. The Balaban J connectivity index is 0.00000320. The average molecular weight is 487 g/mol. The zero-order valence-corrected chi connectivity index (χ0v) is 19.5. The zero-order valence-electron chi connectivity index (χ0n) is 16.5. The van der Waals surface area contributed by atoms with E-state index in [-0.39, 0.29) is 19.0 Å². The number of methoxy groups -OCH3 is 1. The molecule has 3 aromatic carbocycles. The van der Waals surface area contributed by atoms with Crippen LogP contribution in [0.4, 0.5) is 0 Å². The van der Waals surface area contributed by atoms with Crippen molar-refractivity contribution in [1.29, 1.82) is 0 Å². The van der Waals surface area contributed by atoms with Gasteiger partial charge in [0.2, 0.25) is 0 Å². The minimum atomic E-state index is 0. The predicted molar refractivity (Wildman–Crippen MR) is 128 cm³/mol. The Bertz CT molecular complexity index is 951. The third-order valence-corrected chi connectivity index (χ3v) is 5.31. The fourth-order valence-electron chi connectivity index (χ4n) is 2.91. The van der Waals surface area contributed by atoms with Crippen LogP contribution in [0, 0.1) is 0 Å². The summed E-state index contributed by atoms with van der Waals surface area (Å²) < 4.78 is 11.4. The van der Waals surface area contributed by atoms with Crippen molar-refractivity contribution >= 4 is 47.2 Å². The molecule has 0 amide bonds. The lowest BCUT2D eigenvalue weighted by atomic mass is 10.1. The van der Waals surface area contributed by atoms with Gasteiger partial charge in [-0.05, 0) is 48.4 Å². The maximum atomic E-state index is 6.47. The maximum absolute atomic E-state index is 6.47. The fourth-order valence-corrected chi connectivity index (χ4v) is 3.67. The van der Waals surface area contributed by atoms with E-state index in [0.717, 1.165) is 24.1 Å². The van der Waals surface area contributed by atoms with Crippen LogP contribution in [0.15, 0.2) is 60.7 Å². The van der Waals surface area contributed by atoms with E-state index in [4.69, 9.17) is 44.3 Å². The highest BCUT2D eigenvalue weighted by Gasteiger charge is 2.13. The van der Waals surface area contributed by atoms with Crippen LogP contribution >= 0.6 is 47.2 Å². The SMILES string of the molecule is COc1cc(CNCCc2ccccc2)cc(Cl)c1OCc1ccc(Cl)cc1Cl.Cl. The summed E-state index contributed by atoms with van der Waals surface area (Å²) in [5.41, 5.74) is 3.15. The Morgan fingerprint density at radius 3 is 2.33 bits per heavy atom. The standard InChI is InChI=1S/C23H22Cl3NO2.ClH/c1-28-22-12-17(14-27-10-9-16-5-3-2-4-6-16)11-21(26)23(22)29-15-18-7-8-19(24)13-20(18)25;/h2-8,11-13,27H,9-10,14-15H2,1H3;1H. The van der Waals surface area contributed by atoms with Crippen LogP contribution in [0.2, 0.25) is 15.1 Å². The molecule has 0 saturated heterocycles. The van der Waals surface area contributed by atoms with Gasteiger partial charge in [-0.3, -0.25) is 0 Å². The minimum Gasteiger partial charge on any atom is -0.493 e. The zero-order chi connectivity index (χ0) is 20.6. The first-order valence-corrected chi connectivity index (χ1v) is 10.4. The molecule has 3 rings (SSSR count).